The summed E-state index contributed by atoms with van der Waals surface area (Å²) in [5.74, 6) is -0.295. The summed E-state index contributed by atoms with van der Waals surface area (Å²) in [6, 6.07) is 15.0. The number of benzene rings is 2. The van der Waals surface area contributed by atoms with Crippen molar-refractivity contribution < 1.29 is 14.3 Å². The number of anilines is 1. The standard InChI is InChI=1S/C22H26N2O3/c1-15-14-17(21(25)23-18-10-6-7-11-18)12-13-19(15)24-22(26)20(27-2)16-8-4-3-5-9-16/h3-5,8-9,12-14,18,20H,6-7,10-11H2,1-2H3,(H,23,25)(H,24,26). The first-order valence-electron chi connectivity index (χ1n) is 9.38. The SMILES string of the molecule is COC(C(=O)Nc1ccc(C(=O)NC2CCCC2)cc1C)c1ccccc1. The van der Waals surface area contributed by atoms with Gasteiger partial charge in [-0.2, -0.15) is 0 Å². The van der Waals surface area contributed by atoms with Gasteiger partial charge in [-0.25, -0.2) is 0 Å². The molecule has 2 amide bonds. The van der Waals surface area contributed by atoms with E-state index in [1.54, 1.807) is 12.1 Å². The lowest BCUT2D eigenvalue weighted by Crippen LogP contribution is -2.32. The Hall–Kier alpha value is -2.66. The van der Waals surface area contributed by atoms with Gasteiger partial charge >= 0.3 is 0 Å². The number of methoxy groups -OCH3 is 1. The third kappa shape index (κ3) is 4.74. The summed E-state index contributed by atoms with van der Waals surface area (Å²) in [5.41, 5.74) is 2.92. The molecule has 2 aromatic rings. The van der Waals surface area contributed by atoms with Crippen LogP contribution in [0.3, 0.4) is 0 Å². The maximum Gasteiger partial charge on any atom is 0.258 e. The Kier molecular flexibility index (Phi) is 6.24. The third-order valence-electron chi connectivity index (χ3n) is 5.01. The first kappa shape index (κ1) is 19.1. The molecule has 0 spiro atoms. The Labute approximate surface area is 160 Å². The summed E-state index contributed by atoms with van der Waals surface area (Å²) in [6.07, 6.45) is 3.78. The van der Waals surface area contributed by atoms with E-state index in [0.717, 1.165) is 24.0 Å². The summed E-state index contributed by atoms with van der Waals surface area (Å²) in [4.78, 5) is 25.0. The highest BCUT2D eigenvalue weighted by atomic mass is 16.5. The van der Waals surface area contributed by atoms with E-state index in [1.165, 1.54) is 20.0 Å². The highest BCUT2D eigenvalue weighted by molar-refractivity contribution is 5.98. The van der Waals surface area contributed by atoms with E-state index in [1.807, 2.05) is 43.3 Å². The summed E-state index contributed by atoms with van der Waals surface area (Å²) in [7, 11) is 1.51. The minimum absolute atomic E-state index is 0.0538. The zero-order chi connectivity index (χ0) is 19.2. The summed E-state index contributed by atoms with van der Waals surface area (Å²) in [5, 5.41) is 5.99. The quantitative estimate of drug-likeness (QED) is 0.812. The van der Waals surface area contributed by atoms with Gasteiger partial charge in [0, 0.05) is 24.4 Å². The van der Waals surface area contributed by atoms with Gasteiger partial charge in [-0.3, -0.25) is 9.59 Å². The van der Waals surface area contributed by atoms with Crippen LogP contribution < -0.4 is 10.6 Å². The topological polar surface area (TPSA) is 67.4 Å². The van der Waals surface area contributed by atoms with Crippen molar-refractivity contribution in [1.29, 1.82) is 0 Å². The fourth-order valence-corrected chi connectivity index (χ4v) is 3.50. The summed E-state index contributed by atoms with van der Waals surface area (Å²) in [6.45, 7) is 1.88. The summed E-state index contributed by atoms with van der Waals surface area (Å²) < 4.78 is 5.37. The van der Waals surface area contributed by atoms with Crippen LogP contribution in [0.5, 0.6) is 0 Å². The molecule has 5 heteroatoms. The van der Waals surface area contributed by atoms with Gasteiger partial charge in [0.1, 0.15) is 0 Å². The van der Waals surface area contributed by atoms with E-state index in [2.05, 4.69) is 10.6 Å². The van der Waals surface area contributed by atoms with Crippen molar-refractivity contribution in [3.63, 3.8) is 0 Å². The van der Waals surface area contributed by atoms with Gasteiger partial charge in [0.25, 0.3) is 11.8 Å². The number of aryl methyl sites for hydroxylation is 1. The third-order valence-corrected chi connectivity index (χ3v) is 5.01. The van der Waals surface area contributed by atoms with E-state index in [9.17, 15) is 9.59 Å². The van der Waals surface area contributed by atoms with Crippen molar-refractivity contribution in [3.05, 3.63) is 65.2 Å². The van der Waals surface area contributed by atoms with Gasteiger partial charge in [0.2, 0.25) is 0 Å². The number of carbonyl (C=O) groups is 2. The van der Waals surface area contributed by atoms with Crippen molar-refractivity contribution in [2.75, 3.05) is 12.4 Å². The second kappa shape index (κ2) is 8.82. The van der Waals surface area contributed by atoms with Crippen LogP contribution in [0.25, 0.3) is 0 Å². The molecule has 0 bridgehead atoms. The second-order valence-electron chi connectivity index (χ2n) is 7.00. The normalized spacial score (nSPS) is 15.3. The van der Waals surface area contributed by atoms with Crippen molar-refractivity contribution in [3.8, 4) is 0 Å². The predicted octanol–water partition coefficient (Wildman–Crippen LogP) is 3.99. The van der Waals surface area contributed by atoms with E-state index in [-0.39, 0.29) is 17.9 Å². The first-order valence-corrected chi connectivity index (χ1v) is 9.38. The van der Waals surface area contributed by atoms with E-state index in [4.69, 9.17) is 4.74 Å². The van der Waals surface area contributed by atoms with E-state index < -0.39 is 6.10 Å². The lowest BCUT2D eigenvalue weighted by atomic mass is 10.1. The van der Waals surface area contributed by atoms with Crippen LogP contribution in [0.4, 0.5) is 5.69 Å². The van der Waals surface area contributed by atoms with Crippen molar-refractivity contribution >= 4 is 17.5 Å². The molecule has 2 aromatic carbocycles. The molecular formula is C22H26N2O3. The molecule has 3 rings (SSSR count). The summed E-state index contributed by atoms with van der Waals surface area (Å²) >= 11 is 0. The molecule has 1 unspecified atom stereocenters. The van der Waals surface area contributed by atoms with Crippen LogP contribution in [0.1, 0.15) is 53.3 Å². The highest BCUT2D eigenvalue weighted by Crippen LogP contribution is 2.23. The molecule has 0 heterocycles. The molecule has 5 nitrogen and oxygen atoms in total. The van der Waals surface area contributed by atoms with Crippen molar-refractivity contribution in [2.45, 2.75) is 44.8 Å². The van der Waals surface area contributed by atoms with E-state index >= 15 is 0 Å². The number of amides is 2. The number of nitrogens with one attached hydrogen (secondary N) is 2. The Bertz CT molecular complexity index is 798. The molecule has 2 N–H and O–H groups in total. The molecule has 1 atom stereocenters. The molecule has 1 fully saturated rings. The Morgan fingerprint density at radius 3 is 2.41 bits per heavy atom. The fourth-order valence-electron chi connectivity index (χ4n) is 3.50. The fraction of sp³-hybridized carbons (Fsp3) is 0.364. The molecule has 1 aliphatic rings. The first-order chi connectivity index (χ1) is 13.1. The van der Waals surface area contributed by atoms with Crippen LogP contribution in [0.15, 0.2) is 48.5 Å². The largest absolute Gasteiger partial charge is 0.367 e. The maximum atomic E-state index is 12.6. The zero-order valence-corrected chi connectivity index (χ0v) is 15.8. The molecule has 0 radical (unpaired) electrons. The maximum absolute atomic E-state index is 12.6. The molecule has 142 valence electrons. The van der Waals surface area contributed by atoms with Gasteiger partial charge in [0.05, 0.1) is 0 Å². The average molecular weight is 366 g/mol. The molecule has 0 aromatic heterocycles. The van der Waals surface area contributed by atoms with E-state index in [0.29, 0.717) is 11.3 Å². The lowest BCUT2D eigenvalue weighted by molar-refractivity contribution is -0.126. The number of hydrogen-bond acceptors (Lipinski definition) is 3. The molecule has 1 saturated carbocycles. The molecule has 0 saturated heterocycles. The zero-order valence-electron chi connectivity index (χ0n) is 15.8. The monoisotopic (exact) mass is 366 g/mol. The molecule has 27 heavy (non-hydrogen) atoms. The smallest absolute Gasteiger partial charge is 0.258 e. The molecule has 0 aliphatic heterocycles. The van der Waals surface area contributed by atoms with Crippen LogP contribution in [-0.2, 0) is 9.53 Å². The molecular weight excluding hydrogens is 340 g/mol. The highest BCUT2D eigenvalue weighted by Gasteiger charge is 2.21. The predicted molar refractivity (Wildman–Crippen MR) is 106 cm³/mol. The van der Waals surface area contributed by atoms with Gasteiger partial charge in [0.15, 0.2) is 6.10 Å². The molecule has 1 aliphatic carbocycles. The van der Waals surface area contributed by atoms with Crippen LogP contribution in [-0.4, -0.2) is 25.0 Å². The van der Waals surface area contributed by atoms with Gasteiger partial charge in [-0.05, 0) is 49.1 Å². The average Bonchev–Trinajstić information content (AvgIpc) is 3.18. The van der Waals surface area contributed by atoms with Gasteiger partial charge in [-0.15, -0.1) is 0 Å². The number of rotatable bonds is 6. The Morgan fingerprint density at radius 1 is 1.07 bits per heavy atom. The minimum Gasteiger partial charge on any atom is -0.367 e. The van der Waals surface area contributed by atoms with Crippen LogP contribution >= 0.6 is 0 Å². The lowest BCUT2D eigenvalue weighted by Gasteiger charge is -2.17. The van der Waals surface area contributed by atoms with Crippen LogP contribution in [0.2, 0.25) is 0 Å². The van der Waals surface area contributed by atoms with Crippen molar-refractivity contribution in [2.24, 2.45) is 0 Å². The Balaban J connectivity index is 1.68. The van der Waals surface area contributed by atoms with Crippen molar-refractivity contribution in [1.82, 2.24) is 5.32 Å². The van der Waals surface area contributed by atoms with Gasteiger partial charge < -0.3 is 15.4 Å². The number of ether oxygens (including phenoxy) is 1. The number of hydrogen-bond donors (Lipinski definition) is 2. The number of carbonyl (C=O) groups excluding carboxylic acids is 2. The van der Waals surface area contributed by atoms with Gasteiger partial charge in [-0.1, -0.05) is 43.2 Å². The Morgan fingerprint density at radius 2 is 1.78 bits per heavy atom. The second-order valence-corrected chi connectivity index (χ2v) is 7.00. The van der Waals surface area contributed by atoms with Crippen LogP contribution in [0, 0.1) is 6.92 Å². The minimum atomic E-state index is -0.684.